The summed E-state index contributed by atoms with van der Waals surface area (Å²) in [6.45, 7) is 6.70. The van der Waals surface area contributed by atoms with Crippen molar-refractivity contribution >= 4 is 17.9 Å². The molecule has 1 atom stereocenters. The lowest BCUT2D eigenvalue weighted by atomic mass is 10.0. The van der Waals surface area contributed by atoms with E-state index in [0.29, 0.717) is 19.3 Å². The van der Waals surface area contributed by atoms with Crippen molar-refractivity contribution in [3.8, 4) is 0 Å². The molecule has 0 aliphatic heterocycles. The fourth-order valence-electron chi connectivity index (χ4n) is 10.3. The van der Waals surface area contributed by atoms with E-state index in [-0.39, 0.29) is 31.1 Å². The number of carbonyl (C=O) groups is 3. The first-order valence-corrected chi connectivity index (χ1v) is 33.2. The Morgan fingerprint density at radius 3 is 0.685 bits per heavy atom. The quantitative estimate of drug-likeness (QED) is 0.0261. The molecule has 73 heavy (non-hydrogen) atoms. The molecule has 0 aliphatic carbocycles. The van der Waals surface area contributed by atoms with Crippen LogP contribution in [0.3, 0.4) is 0 Å². The average Bonchev–Trinajstić information content (AvgIpc) is 3.39. The zero-order valence-electron chi connectivity index (χ0n) is 49.7. The van der Waals surface area contributed by atoms with Crippen LogP contribution >= 0.6 is 0 Å². The van der Waals surface area contributed by atoms with Gasteiger partial charge in [-0.25, -0.2) is 0 Å². The second-order valence-corrected chi connectivity index (χ2v) is 22.7. The van der Waals surface area contributed by atoms with Gasteiger partial charge in [0, 0.05) is 19.3 Å². The van der Waals surface area contributed by atoms with E-state index in [1.165, 1.54) is 283 Å². The number of rotatable bonds is 62. The maximum absolute atomic E-state index is 12.9. The molecule has 0 aromatic carbocycles. The van der Waals surface area contributed by atoms with E-state index in [4.69, 9.17) is 14.2 Å². The second kappa shape index (κ2) is 62.7. The van der Waals surface area contributed by atoms with E-state index in [1.54, 1.807) is 0 Å². The average molecular weight is 1030 g/mol. The van der Waals surface area contributed by atoms with Gasteiger partial charge in [-0.15, -0.1) is 0 Å². The number of esters is 3. The Morgan fingerprint density at radius 1 is 0.260 bits per heavy atom. The van der Waals surface area contributed by atoms with E-state index in [0.717, 1.165) is 57.8 Å². The Bertz CT molecular complexity index is 1130. The number of ether oxygens (including phenoxy) is 3. The maximum atomic E-state index is 12.9. The minimum Gasteiger partial charge on any atom is -0.462 e. The molecule has 0 bridgehead atoms. The lowest BCUT2D eigenvalue weighted by molar-refractivity contribution is -0.167. The molecule has 0 N–H and O–H groups in total. The molecule has 0 heterocycles. The highest BCUT2D eigenvalue weighted by atomic mass is 16.6. The standard InChI is InChI=1S/C67H128O6/c1-4-7-10-13-16-19-22-24-26-28-30-32-34-36-37-39-41-43-45-48-51-54-57-60-66(69)72-63-64(62-71-65(68)59-56-53-50-47-21-18-15-12-9-6-3)73-67(70)61-58-55-52-49-46-44-42-40-38-35-33-31-29-27-25-23-20-17-14-11-8-5-2/h28,30,64H,4-27,29,31-63H2,1-3H3/b30-28-. The van der Waals surface area contributed by atoms with Crippen molar-refractivity contribution in [1.82, 2.24) is 0 Å². The van der Waals surface area contributed by atoms with Gasteiger partial charge in [-0.05, 0) is 44.9 Å². The molecule has 0 aromatic rings. The first kappa shape index (κ1) is 71.2. The summed E-state index contributed by atoms with van der Waals surface area (Å²) < 4.78 is 16.9. The van der Waals surface area contributed by atoms with Crippen molar-refractivity contribution in [3.05, 3.63) is 12.2 Å². The molecule has 0 aromatic heterocycles. The van der Waals surface area contributed by atoms with E-state index in [9.17, 15) is 14.4 Å². The molecule has 0 aliphatic rings. The molecule has 0 fully saturated rings. The van der Waals surface area contributed by atoms with Gasteiger partial charge in [0.25, 0.3) is 0 Å². The molecule has 6 nitrogen and oxygen atoms in total. The summed E-state index contributed by atoms with van der Waals surface area (Å²) in [4.78, 5) is 38.2. The van der Waals surface area contributed by atoms with Crippen LogP contribution in [0.15, 0.2) is 12.2 Å². The molecule has 0 spiro atoms. The van der Waals surface area contributed by atoms with Crippen molar-refractivity contribution in [1.29, 1.82) is 0 Å². The highest BCUT2D eigenvalue weighted by Crippen LogP contribution is 2.18. The van der Waals surface area contributed by atoms with Crippen molar-refractivity contribution in [2.45, 2.75) is 386 Å². The number of carbonyl (C=O) groups excluding carboxylic acids is 3. The van der Waals surface area contributed by atoms with Crippen LogP contribution in [0.1, 0.15) is 380 Å². The third kappa shape index (κ3) is 60.9. The van der Waals surface area contributed by atoms with Gasteiger partial charge in [-0.3, -0.25) is 14.4 Å². The predicted molar refractivity (Wildman–Crippen MR) is 317 cm³/mol. The highest BCUT2D eigenvalue weighted by molar-refractivity contribution is 5.71. The molecule has 0 radical (unpaired) electrons. The molecular weight excluding hydrogens is 901 g/mol. The van der Waals surface area contributed by atoms with E-state index in [2.05, 4.69) is 32.9 Å². The summed E-state index contributed by atoms with van der Waals surface area (Å²) in [5.41, 5.74) is 0. The zero-order chi connectivity index (χ0) is 52.9. The Hall–Kier alpha value is -1.85. The summed E-state index contributed by atoms with van der Waals surface area (Å²) >= 11 is 0. The SMILES string of the molecule is CCCCCCCCCC/C=C\CCCCCCCCCCCCCC(=O)OCC(COC(=O)CCCCCCCCCCCC)OC(=O)CCCCCCCCCCCCCCCCCCCCCCCC. The lowest BCUT2D eigenvalue weighted by Gasteiger charge is -2.18. The molecule has 1 unspecified atom stereocenters. The Labute approximate surface area is 456 Å². The maximum Gasteiger partial charge on any atom is 0.306 e. The van der Waals surface area contributed by atoms with Crippen LogP contribution in [0, 0.1) is 0 Å². The monoisotopic (exact) mass is 1030 g/mol. The summed E-state index contributed by atoms with van der Waals surface area (Å²) in [7, 11) is 0. The summed E-state index contributed by atoms with van der Waals surface area (Å²) in [5, 5.41) is 0. The number of hydrogen-bond donors (Lipinski definition) is 0. The smallest absolute Gasteiger partial charge is 0.306 e. The second-order valence-electron chi connectivity index (χ2n) is 22.7. The Balaban J connectivity index is 4.17. The van der Waals surface area contributed by atoms with E-state index < -0.39 is 6.10 Å². The Morgan fingerprint density at radius 2 is 0.452 bits per heavy atom. The van der Waals surface area contributed by atoms with Crippen molar-refractivity contribution in [2.24, 2.45) is 0 Å². The molecule has 432 valence electrons. The number of unbranched alkanes of at least 4 members (excludes halogenated alkanes) is 49. The normalized spacial score (nSPS) is 12.0. The van der Waals surface area contributed by atoms with Gasteiger partial charge < -0.3 is 14.2 Å². The largest absolute Gasteiger partial charge is 0.462 e. The fraction of sp³-hybridized carbons (Fsp3) is 0.925. The third-order valence-corrected chi connectivity index (χ3v) is 15.3. The lowest BCUT2D eigenvalue weighted by Crippen LogP contribution is -2.30. The van der Waals surface area contributed by atoms with Crippen LogP contribution in [0.25, 0.3) is 0 Å². The van der Waals surface area contributed by atoms with Crippen molar-refractivity contribution in [2.75, 3.05) is 13.2 Å². The zero-order valence-corrected chi connectivity index (χ0v) is 49.7. The van der Waals surface area contributed by atoms with Gasteiger partial charge in [0.15, 0.2) is 6.10 Å². The van der Waals surface area contributed by atoms with E-state index >= 15 is 0 Å². The van der Waals surface area contributed by atoms with Crippen LogP contribution in [0.2, 0.25) is 0 Å². The summed E-state index contributed by atoms with van der Waals surface area (Å²) in [6.07, 6.45) is 73.8. The first-order valence-electron chi connectivity index (χ1n) is 33.2. The van der Waals surface area contributed by atoms with Crippen LogP contribution in [0.4, 0.5) is 0 Å². The van der Waals surface area contributed by atoms with E-state index in [1.807, 2.05) is 0 Å². The summed E-state index contributed by atoms with van der Waals surface area (Å²) in [6, 6.07) is 0. The molecule has 0 saturated carbocycles. The predicted octanol–water partition coefficient (Wildman–Crippen LogP) is 22.4. The number of allylic oxidation sites excluding steroid dienone is 2. The van der Waals surface area contributed by atoms with Crippen molar-refractivity contribution < 1.29 is 28.6 Å². The minimum atomic E-state index is -0.765. The molecule has 0 saturated heterocycles. The highest BCUT2D eigenvalue weighted by Gasteiger charge is 2.19. The van der Waals surface area contributed by atoms with Gasteiger partial charge in [-0.1, -0.05) is 328 Å². The van der Waals surface area contributed by atoms with Crippen LogP contribution < -0.4 is 0 Å². The number of hydrogen-bond acceptors (Lipinski definition) is 6. The van der Waals surface area contributed by atoms with Crippen molar-refractivity contribution in [3.63, 3.8) is 0 Å². The van der Waals surface area contributed by atoms with Gasteiger partial charge >= 0.3 is 17.9 Å². The molecule has 0 rings (SSSR count). The molecule has 6 heteroatoms. The van der Waals surface area contributed by atoms with Gasteiger partial charge in [0.05, 0.1) is 0 Å². The minimum absolute atomic E-state index is 0.0637. The van der Waals surface area contributed by atoms with Gasteiger partial charge in [-0.2, -0.15) is 0 Å². The van der Waals surface area contributed by atoms with Crippen LogP contribution in [-0.4, -0.2) is 37.2 Å². The molecule has 0 amide bonds. The fourth-order valence-corrected chi connectivity index (χ4v) is 10.3. The van der Waals surface area contributed by atoms with Crippen LogP contribution in [-0.2, 0) is 28.6 Å². The third-order valence-electron chi connectivity index (χ3n) is 15.3. The van der Waals surface area contributed by atoms with Gasteiger partial charge in [0.2, 0.25) is 0 Å². The topological polar surface area (TPSA) is 78.9 Å². The Kier molecular flexibility index (Phi) is 61.1. The first-order chi connectivity index (χ1) is 36.0. The molecular formula is C67H128O6. The summed E-state index contributed by atoms with van der Waals surface area (Å²) in [5.74, 6) is -0.835. The van der Waals surface area contributed by atoms with Crippen LogP contribution in [0.5, 0.6) is 0 Å². The van der Waals surface area contributed by atoms with Gasteiger partial charge in [0.1, 0.15) is 13.2 Å².